The second-order valence-electron chi connectivity index (χ2n) is 7.36. The van der Waals surface area contributed by atoms with E-state index in [0.717, 1.165) is 5.57 Å². The molecule has 26 heavy (non-hydrogen) atoms. The van der Waals surface area contributed by atoms with Crippen LogP contribution in [0.2, 0.25) is 0 Å². The molecule has 3 rings (SSSR count). The zero-order valence-corrected chi connectivity index (χ0v) is 15.8. The van der Waals surface area contributed by atoms with E-state index in [1.165, 1.54) is 68.9 Å². The minimum atomic E-state index is 0.661. The van der Waals surface area contributed by atoms with E-state index in [1.807, 2.05) is 0 Å². The maximum absolute atomic E-state index is 3.47. The SMILES string of the molecule is C(=C=C(c1ccccc1)c1ccccc1)=CC1CCCCCCCCC1. The first kappa shape index (κ1) is 18.5. The Kier molecular flexibility index (Phi) is 7.60. The van der Waals surface area contributed by atoms with Gasteiger partial charge >= 0.3 is 0 Å². The maximum Gasteiger partial charge on any atom is 0.0393 e. The molecule has 0 aliphatic heterocycles. The first-order valence-electron chi connectivity index (χ1n) is 10.3. The molecule has 0 heterocycles. The molecule has 0 bridgehead atoms. The lowest BCUT2D eigenvalue weighted by Gasteiger charge is -2.13. The van der Waals surface area contributed by atoms with Gasteiger partial charge in [0.1, 0.15) is 0 Å². The van der Waals surface area contributed by atoms with Gasteiger partial charge in [0.2, 0.25) is 0 Å². The van der Waals surface area contributed by atoms with Crippen LogP contribution in [-0.2, 0) is 0 Å². The predicted octanol–water partition coefficient (Wildman–Crippen LogP) is 7.57. The van der Waals surface area contributed by atoms with E-state index in [1.54, 1.807) is 0 Å². The molecule has 2 aromatic rings. The van der Waals surface area contributed by atoms with Crippen molar-refractivity contribution in [2.45, 2.75) is 57.8 Å². The van der Waals surface area contributed by atoms with Crippen molar-refractivity contribution < 1.29 is 0 Å². The van der Waals surface area contributed by atoms with E-state index in [2.05, 4.69) is 78.2 Å². The summed E-state index contributed by atoms with van der Waals surface area (Å²) < 4.78 is 0. The highest BCUT2D eigenvalue weighted by Gasteiger charge is 2.07. The Balaban J connectivity index is 1.86. The summed E-state index contributed by atoms with van der Waals surface area (Å²) in [4.78, 5) is 0. The second-order valence-corrected chi connectivity index (χ2v) is 7.36. The van der Waals surface area contributed by atoms with Gasteiger partial charge in [-0.3, -0.25) is 0 Å². The van der Waals surface area contributed by atoms with Crippen molar-refractivity contribution in [1.82, 2.24) is 0 Å². The number of allylic oxidation sites excluding steroid dienone is 1. The topological polar surface area (TPSA) is 0 Å². The predicted molar refractivity (Wildman–Crippen MR) is 112 cm³/mol. The summed E-state index contributed by atoms with van der Waals surface area (Å²) in [5.41, 5.74) is 10.4. The highest BCUT2D eigenvalue weighted by atomic mass is 14.1. The summed E-state index contributed by atoms with van der Waals surface area (Å²) in [5, 5.41) is 0. The van der Waals surface area contributed by atoms with Crippen molar-refractivity contribution in [3.63, 3.8) is 0 Å². The Morgan fingerprint density at radius 3 is 1.62 bits per heavy atom. The highest BCUT2D eigenvalue weighted by molar-refractivity contribution is 5.79. The molecule has 0 N–H and O–H groups in total. The number of hydrogen-bond donors (Lipinski definition) is 0. The van der Waals surface area contributed by atoms with Crippen LogP contribution >= 0.6 is 0 Å². The summed E-state index contributed by atoms with van der Waals surface area (Å²) in [6.45, 7) is 0. The van der Waals surface area contributed by atoms with Crippen LogP contribution in [0.3, 0.4) is 0 Å². The molecule has 0 nitrogen and oxygen atoms in total. The average Bonchev–Trinajstić information content (AvgIpc) is 2.71. The normalized spacial score (nSPS) is 16.2. The molecule has 0 saturated heterocycles. The molecular formula is C26H30. The monoisotopic (exact) mass is 342 g/mol. The number of benzene rings is 2. The molecule has 0 unspecified atom stereocenters. The van der Waals surface area contributed by atoms with E-state index in [9.17, 15) is 0 Å². The molecule has 0 aromatic heterocycles. The zero-order valence-electron chi connectivity index (χ0n) is 15.8. The Bertz CT molecular complexity index is 690. The fourth-order valence-corrected chi connectivity index (χ4v) is 3.76. The van der Waals surface area contributed by atoms with Crippen molar-refractivity contribution >= 4 is 5.57 Å². The van der Waals surface area contributed by atoms with E-state index in [-0.39, 0.29) is 0 Å². The van der Waals surface area contributed by atoms with Crippen molar-refractivity contribution in [3.05, 3.63) is 89.3 Å². The molecule has 1 saturated carbocycles. The fourth-order valence-electron chi connectivity index (χ4n) is 3.76. The van der Waals surface area contributed by atoms with Gasteiger partial charge in [0, 0.05) is 5.57 Å². The van der Waals surface area contributed by atoms with Gasteiger partial charge in [0.15, 0.2) is 0 Å². The van der Waals surface area contributed by atoms with Gasteiger partial charge < -0.3 is 0 Å². The third-order valence-corrected chi connectivity index (χ3v) is 5.29. The third kappa shape index (κ3) is 5.92. The summed E-state index contributed by atoms with van der Waals surface area (Å²) in [7, 11) is 0. The van der Waals surface area contributed by atoms with Crippen LogP contribution < -0.4 is 0 Å². The minimum absolute atomic E-state index is 0.661. The Hall–Kier alpha value is -2.26. The largest absolute Gasteiger partial charge is 0.0737 e. The standard InChI is InChI=1S/C26H30/c1-2-4-8-15-23(16-9-5-3-1)17-14-22-26(24-18-10-6-11-19-24)25-20-12-7-13-21-25/h6-7,10-13,17-21,23H,1-5,8-9,15-16H2. The van der Waals surface area contributed by atoms with E-state index >= 15 is 0 Å². The smallest absolute Gasteiger partial charge is 0.0393 e. The molecular weight excluding hydrogens is 312 g/mol. The molecule has 134 valence electrons. The molecule has 1 aliphatic rings. The summed E-state index contributed by atoms with van der Waals surface area (Å²) in [6.07, 6.45) is 14.7. The quantitative estimate of drug-likeness (QED) is 0.505. The molecule has 0 spiro atoms. The third-order valence-electron chi connectivity index (χ3n) is 5.29. The van der Waals surface area contributed by atoms with Gasteiger partial charge in [-0.2, -0.15) is 0 Å². The molecule has 0 heteroatoms. The van der Waals surface area contributed by atoms with Crippen molar-refractivity contribution in [2.24, 2.45) is 5.92 Å². The van der Waals surface area contributed by atoms with Gasteiger partial charge in [0.05, 0.1) is 0 Å². The summed E-state index contributed by atoms with van der Waals surface area (Å²) >= 11 is 0. The van der Waals surface area contributed by atoms with Gasteiger partial charge in [0.25, 0.3) is 0 Å². The van der Waals surface area contributed by atoms with Crippen molar-refractivity contribution in [3.8, 4) is 0 Å². The summed E-state index contributed by atoms with van der Waals surface area (Å²) in [6, 6.07) is 21.1. The van der Waals surface area contributed by atoms with Crippen LogP contribution in [0.5, 0.6) is 0 Å². The summed E-state index contributed by atoms with van der Waals surface area (Å²) in [5.74, 6) is 0.661. The molecule has 1 fully saturated rings. The van der Waals surface area contributed by atoms with Gasteiger partial charge in [-0.25, -0.2) is 0 Å². The highest BCUT2D eigenvalue weighted by Crippen LogP contribution is 2.23. The molecule has 0 atom stereocenters. The van der Waals surface area contributed by atoms with Gasteiger partial charge in [-0.05, 0) is 36.0 Å². The molecule has 2 aromatic carbocycles. The average molecular weight is 343 g/mol. The van der Waals surface area contributed by atoms with Crippen LogP contribution in [0.1, 0.15) is 68.9 Å². The van der Waals surface area contributed by atoms with E-state index in [4.69, 9.17) is 0 Å². The Morgan fingerprint density at radius 1 is 0.654 bits per heavy atom. The van der Waals surface area contributed by atoms with Gasteiger partial charge in [-0.1, -0.05) is 117 Å². The van der Waals surface area contributed by atoms with Crippen LogP contribution in [0, 0.1) is 5.92 Å². The first-order valence-corrected chi connectivity index (χ1v) is 10.3. The number of rotatable bonds is 3. The van der Waals surface area contributed by atoms with Crippen LogP contribution in [0.4, 0.5) is 0 Å². The van der Waals surface area contributed by atoms with Crippen molar-refractivity contribution in [1.29, 1.82) is 0 Å². The first-order chi connectivity index (χ1) is 12.9. The Labute approximate surface area is 159 Å². The Morgan fingerprint density at radius 2 is 1.12 bits per heavy atom. The maximum atomic E-state index is 3.47. The van der Waals surface area contributed by atoms with E-state index < -0.39 is 0 Å². The second kappa shape index (κ2) is 10.7. The molecule has 0 radical (unpaired) electrons. The van der Waals surface area contributed by atoms with E-state index in [0.29, 0.717) is 5.92 Å². The lowest BCUT2D eigenvalue weighted by molar-refractivity contribution is 0.444. The van der Waals surface area contributed by atoms with Crippen LogP contribution in [0.25, 0.3) is 5.57 Å². The van der Waals surface area contributed by atoms with Crippen LogP contribution in [0.15, 0.2) is 78.2 Å². The van der Waals surface area contributed by atoms with Gasteiger partial charge in [-0.15, -0.1) is 0 Å². The minimum Gasteiger partial charge on any atom is -0.0737 e. The zero-order chi connectivity index (χ0) is 17.9. The molecule has 1 aliphatic carbocycles. The van der Waals surface area contributed by atoms with Crippen LogP contribution in [-0.4, -0.2) is 0 Å². The van der Waals surface area contributed by atoms with Crippen molar-refractivity contribution in [2.75, 3.05) is 0 Å². The lowest BCUT2D eigenvalue weighted by Crippen LogP contribution is -1.98. The molecule has 0 amide bonds. The fraction of sp³-hybridized carbons (Fsp3) is 0.385. The number of hydrogen-bond acceptors (Lipinski definition) is 0. The lowest BCUT2D eigenvalue weighted by atomic mass is 9.92.